The van der Waals surface area contributed by atoms with Crippen LogP contribution in [0.1, 0.15) is 59.6 Å². The van der Waals surface area contributed by atoms with Crippen LogP contribution in [0, 0.1) is 28.4 Å². The number of amides is 1. The number of fused-ring (bicyclic) bond motifs is 1. The minimum atomic E-state index is -3.76. The molecule has 3 aromatic carbocycles. The summed E-state index contributed by atoms with van der Waals surface area (Å²) in [4.78, 5) is 22.0. The number of carbonyl (C=O) groups is 1. The van der Waals surface area contributed by atoms with Gasteiger partial charge in [-0.3, -0.25) is 9.18 Å². The number of nitriles is 1. The number of sulfonamides is 1. The summed E-state index contributed by atoms with van der Waals surface area (Å²) < 4.78 is 78.2. The lowest BCUT2D eigenvalue weighted by Crippen LogP contribution is -2.33. The van der Waals surface area contributed by atoms with Crippen LogP contribution in [0.3, 0.4) is 0 Å². The molecule has 1 saturated carbocycles. The molecule has 2 heterocycles. The minimum absolute atomic E-state index is 0.0491. The molecule has 0 spiro atoms. The summed E-state index contributed by atoms with van der Waals surface area (Å²) in [6.07, 6.45) is 1.07. The van der Waals surface area contributed by atoms with Gasteiger partial charge in [-0.15, -0.1) is 0 Å². The zero-order chi connectivity index (χ0) is 34.9. The average molecular weight is 688 g/mol. The number of imidazole rings is 1. The number of carbonyl (C=O) groups excluding carboxylic acids is 1. The maximum absolute atomic E-state index is 15.7. The highest BCUT2D eigenvalue weighted by molar-refractivity contribution is 7.91. The first-order chi connectivity index (χ1) is 23.4. The van der Waals surface area contributed by atoms with Crippen molar-refractivity contribution >= 4 is 27.0 Å². The van der Waals surface area contributed by atoms with Crippen molar-refractivity contribution in [3.05, 3.63) is 113 Å². The van der Waals surface area contributed by atoms with Crippen LogP contribution in [0.25, 0.3) is 22.3 Å². The molecule has 1 amide bonds. The van der Waals surface area contributed by atoms with Crippen LogP contribution < -0.4 is 9.46 Å². The van der Waals surface area contributed by atoms with Crippen molar-refractivity contribution < 1.29 is 31.1 Å². The first-order valence-electron chi connectivity index (χ1n) is 15.5. The molecule has 5 aromatic rings. The predicted molar refractivity (Wildman–Crippen MR) is 177 cm³/mol. The predicted octanol–water partition coefficient (Wildman–Crippen LogP) is 6.64. The number of pyridine rings is 1. The van der Waals surface area contributed by atoms with Gasteiger partial charge in [0.2, 0.25) is 15.9 Å². The molecular weight excluding hydrogens is 655 g/mol. The van der Waals surface area contributed by atoms with Gasteiger partial charge in [0, 0.05) is 41.1 Å². The van der Waals surface area contributed by atoms with E-state index in [4.69, 9.17) is 10.00 Å². The molecule has 0 aliphatic heterocycles. The number of halogens is 3. The summed E-state index contributed by atoms with van der Waals surface area (Å²) >= 11 is 0. The molecule has 0 atom stereocenters. The zero-order valence-electron chi connectivity index (χ0n) is 26.7. The van der Waals surface area contributed by atoms with E-state index in [1.54, 1.807) is 54.8 Å². The van der Waals surface area contributed by atoms with Crippen LogP contribution in [0.4, 0.5) is 13.2 Å². The number of benzene rings is 3. The van der Waals surface area contributed by atoms with Crippen molar-refractivity contribution in [1.82, 2.24) is 19.3 Å². The van der Waals surface area contributed by atoms with Gasteiger partial charge in [-0.25, -0.2) is 31.9 Å². The quantitative estimate of drug-likeness (QED) is 0.156. The van der Waals surface area contributed by atoms with Crippen LogP contribution in [0.5, 0.6) is 5.88 Å². The highest BCUT2D eigenvalue weighted by Crippen LogP contribution is 2.30. The number of hydrogen-bond donors (Lipinski definition) is 1. The Hall–Kier alpha value is -5.22. The fourth-order valence-corrected chi connectivity index (χ4v) is 6.61. The average Bonchev–Trinajstić information content (AvgIpc) is 3.90. The SMILES string of the molecule is CC(C)(CF)Cn1c(Cc2ccc(-c3cccc(OCc4ccc(C#N)cc4F)n3)cc2F)nc2ccc(C(=O)NS(=O)(=O)C3CC3)cc21. The Labute approximate surface area is 281 Å². The molecule has 49 heavy (non-hydrogen) atoms. The summed E-state index contributed by atoms with van der Waals surface area (Å²) in [5, 5.41) is 8.38. The Morgan fingerprint density at radius 2 is 1.78 bits per heavy atom. The molecule has 1 aliphatic carbocycles. The van der Waals surface area contributed by atoms with Gasteiger partial charge in [0.25, 0.3) is 5.91 Å². The Kier molecular flexibility index (Phi) is 9.18. The highest BCUT2D eigenvalue weighted by atomic mass is 32.2. The molecule has 2 aromatic heterocycles. The smallest absolute Gasteiger partial charge is 0.264 e. The summed E-state index contributed by atoms with van der Waals surface area (Å²) in [6, 6.07) is 20.2. The molecule has 0 saturated heterocycles. The normalized spacial score (nSPS) is 13.3. The van der Waals surface area contributed by atoms with Crippen LogP contribution in [-0.2, 0) is 29.6 Å². The van der Waals surface area contributed by atoms with E-state index in [1.807, 2.05) is 6.07 Å². The highest BCUT2D eigenvalue weighted by Gasteiger charge is 2.37. The van der Waals surface area contributed by atoms with Crippen molar-refractivity contribution in [3.8, 4) is 23.2 Å². The van der Waals surface area contributed by atoms with Gasteiger partial charge in [-0.05, 0) is 60.9 Å². The number of rotatable bonds is 12. The van der Waals surface area contributed by atoms with E-state index < -0.39 is 44.9 Å². The largest absolute Gasteiger partial charge is 0.473 e. The molecule has 1 aliphatic rings. The van der Waals surface area contributed by atoms with Crippen LogP contribution in [-0.4, -0.2) is 40.8 Å². The van der Waals surface area contributed by atoms with E-state index in [1.165, 1.54) is 30.3 Å². The van der Waals surface area contributed by atoms with Gasteiger partial charge in [-0.1, -0.05) is 38.1 Å². The fraction of sp³-hybridized carbons (Fsp3) is 0.278. The van der Waals surface area contributed by atoms with Crippen LogP contribution >= 0.6 is 0 Å². The number of ether oxygens (including phenoxy) is 1. The first kappa shape index (κ1) is 33.7. The number of nitrogens with one attached hydrogen (secondary N) is 1. The first-order valence-corrected chi connectivity index (χ1v) is 17.1. The molecule has 13 heteroatoms. The molecule has 0 unspecified atom stereocenters. The van der Waals surface area contributed by atoms with Gasteiger partial charge in [-0.2, -0.15) is 5.26 Å². The molecule has 9 nitrogen and oxygen atoms in total. The molecule has 0 bridgehead atoms. The van der Waals surface area contributed by atoms with E-state index in [0.717, 1.165) is 6.07 Å². The number of hydrogen-bond acceptors (Lipinski definition) is 7. The summed E-state index contributed by atoms with van der Waals surface area (Å²) in [5.74, 6) is -1.22. The third kappa shape index (κ3) is 7.60. The number of aromatic nitrogens is 3. The van der Waals surface area contributed by atoms with Crippen molar-refractivity contribution in [3.63, 3.8) is 0 Å². The Bertz CT molecular complexity index is 2230. The Morgan fingerprint density at radius 1 is 1.02 bits per heavy atom. The zero-order valence-corrected chi connectivity index (χ0v) is 27.5. The molecular formula is C36H32F3N5O4S. The Morgan fingerprint density at radius 3 is 2.47 bits per heavy atom. The third-order valence-electron chi connectivity index (χ3n) is 8.21. The second-order valence-corrected chi connectivity index (χ2v) is 14.8. The molecule has 0 radical (unpaired) electrons. The lowest BCUT2D eigenvalue weighted by molar-refractivity contribution is 0.0981. The van der Waals surface area contributed by atoms with Gasteiger partial charge in [0.1, 0.15) is 24.1 Å². The summed E-state index contributed by atoms with van der Waals surface area (Å²) in [6.45, 7) is 2.88. The molecule has 6 rings (SSSR count). The summed E-state index contributed by atoms with van der Waals surface area (Å²) in [7, 11) is -3.76. The van der Waals surface area contributed by atoms with E-state index in [0.29, 0.717) is 46.5 Å². The summed E-state index contributed by atoms with van der Waals surface area (Å²) in [5.41, 5.74) is 1.94. The molecule has 252 valence electrons. The second kappa shape index (κ2) is 13.4. The third-order valence-corrected chi connectivity index (χ3v) is 10.0. The molecule has 1 N–H and O–H groups in total. The fourth-order valence-electron chi connectivity index (χ4n) is 5.31. The van der Waals surface area contributed by atoms with E-state index in [-0.39, 0.29) is 42.1 Å². The van der Waals surface area contributed by atoms with Crippen molar-refractivity contribution in [1.29, 1.82) is 5.26 Å². The minimum Gasteiger partial charge on any atom is -0.473 e. The lowest BCUT2D eigenvalue weighted by atomic mass is 9.95. The van der Waals surface area contributed by atoms with Gasteiger partial charge in [0.15, 0.2) is 0 Å². The van der Waals surface area contributed by atoms with E-state index in [2.05, 4.69) is 14.7 Å². The van der Waals surface area contributed by atoms with Crippen molar-refractivity contribution in [2.24, 2.45) is 5.41 Å². The van der Waals surface area contributed by atoms with Gasteiger partial charge < -0.3 is 9.30 Å². The van der Waals surface area contributed by atoms with E-state index in [9.17, 15) is 22.0 Å². The maximum Gasteiger partial charge on any atom is 0.264 e. The molecule has 1 fully saturated rings. The Balaban J connectivity index is 1.24. The topological polar surface area (TPSA) is 127 Å². The van der Waals surface area contributed by atoms with E-state index >= 15 is 4.39 Å². The number of nitrogens with zero attached hydrogens (tertiary/aromatic N) is 4. The lowest BCUT2D eigenvalue weighted by Gasteiger charge is -2.23. The van der Waals surface area contributed by atoms with Gasteiger partial charge in [0.05, 0.1) is 40.3 Å². The van der Waals surface area contributed by atoms with Crippen molar-refractivity contribution in [2.45, 2.75) is 51.5 Å². The van der Waals surface area contributed by atoms with Crippen molar-refractivity contribution in [2.75, 3.05) is 6.67 Å². The van der Waals surface area contributed by atoms with Crippen LogP contribution in [0.2, 0.25) is 0 Å². The second-order valence-electron chi connectivity index (χ2n) is 12.8. The monoisotopic (exact) mass is 687 g/mol. The van der Waals surface area contributed by atoms with Gasteiger partial charge >= 0.3 is 0 Å². The standard InChI is InChI=1S/C36H32F3N5O4S/c1-36(2,20-37)21-44-32-16-25(35(45)43-49(46,47)27-11-12-27)10-13-31(32)41-33(44)17-23-8-9-24(15-29(23)39)30-4-3-5-34(42-30)48-19-26-7-6-22(18-40)14-28(26)38/h3-10,13-16,27H,11-12,17,19-21H2,1-2H3,(H,43,45). The number of alkyl halides is 1. The maximum atomic E-state index is 15.7. The van der Waals surface area contributed by atoms with Crippen LogP contribution in [0.15, 0.2) is 72.8 Å².